The molecule has 0 aromatic heterocycles. The van der Waals surface area contributed by atoms with Crippen molar-refractivity contribution < 1.29 is 14.6 Å². The van der Waals surface area contributed by atoms with Crippen molar-refractivity contribution in [1.29, 1.82) is 0 Å². The number of piperazine rings is 1. The van der Waals surface area contributed by atoms with Crippen molar-refractivity contribution in [2.75, 3.05) is 44.3 Å². The van der Waals surface area contributed by atoms with Gasteiger partial charge in [0.25, 0.3) is 0 Å². The lowest BCUT2D eigenvalue weighted by molar-refractivity contribution is -0.118. The number of benzene rings is 2. The Morgan fingerprint density at radius 1 is 1.21 bits per heavy atom. The first-order valence-electron chi connectivity index (χ1n) is 9.56. The van der Waals surface area contributed by atoms with Crippen molar-refractivity contribution >= 4 is 23.1 Å². The van der Waals surface area contributed by atoms with Crippen molar-refractivity contribution in [1.82, 2.24) is 4.90 Å². The quantitative estimate of drug-likeness (QED) is 0.768. The molecule has 0 unspecified atom stereocenters. The molecule has 28 heavy (non-hydrogen) atoms. The number of aryl methyl sites for hydroxylation is 1. The van der Waals surface area contributed by atoms with E-state index in [0.29, 0.717) is 11.6 Å². The summed E-state index contributed by atoms with van der Waals surface area (Å²) in [6, 6.07) is 14.1. The molecule has 0 radical (unpaired) electrons. The molecule has 1 aliphatic heterocycles. The maximum Gasteiger partial charge on any atom is 0.143 e. The molecule has 1 N–H and O–H groups in total. The number of carbonyl (C=O) groups excluding carboxylic acids is 1. The Labute approximate surface area is 171 Å². The van der Waals surface area contributed by atoms with Gasteiger partial charge in [-0.15, -0.1) is 0 Å². The lowest BCUT2D eigenvalue weighted by atomic mass is 10.00. The largest absolute Gasteiger partial charge is 0.491 e. The number of halogens is 1. The van der Waals surface area contributed by atoms with E-state index in [1.807, 2.05) is 24.3 Å². The molecule has 1 atom stereocenters. The van der Waals surface area contributed by atoms with E-state index in [-0.39, 0.29) is 25.0 Å². The second-order valence-corrected chi connectivity index (χ2v) is 7.65. The van der Waals surface area contributed by atoms with E-state index in [1.54, 1.807) is 6.92 Å². The molecule has 0 spiro atoms. The summed E-state index contributed by atoms with van der Waals surface area (Å²) in [4.78, 5) is 16.2. The maximum absolute atomic E-state index is 11.6. The van der Waals surface area contributed by atoms with Crippen molar-refractivity contribution in [3.63, 3.8) is 0 Å². The summed E-state index contributed by atoms with van der Waals surface area (Å²) in [6.07, 6.45) is 0. The Kier molecular flexibility index (Phi) is 6.94. The van der Waals surface area contributed by atoms with Crippen LogP contribution in [0, 0.1) is 6.92 Å². The number of aliphatic hydroxyl groups is 1. The molecule has 1 saturated heterocycles. The van der Waals surface area contributed by atoms with Crippen molar-refractivity contribution in [2.24, 2.45) is 0 Å². The van der Waals surface area contributed by atoms with E-state index < -0.39 is 0 Å². The molecular weight excluding hydrogens is 376 g/mol. The van der Waals surface area contributed by atoms with Gasteiger partial charge in [-0.2, -0.15) is 0 Å². The van der Waals surface area contributed by atoms with Crippen LogP contribution in [0.25, 0.3) is 0 Å². The van der Waals surface area contributed by atoms with Gasteiger partial charge >= 0.3 is 0 Å². The lowest BCUT2D eigenvalue weighted by Gasteiger charge is -2.43. The summed E-state index contributed by atoms with van der Waals surface area (Å²) in [6.45, 7) is 6.92. The predicted molar refractivity (Wildman–Crippen MR) is 112 cm³/mol. The first-order valence-corrected chi connectivity index (χ1v) is 9.94. The third-order valence-electron chi connectivity index (χ3n) is 5.00. The number of nitrogens with zero attached hydrogens (tertiary/aromatic N) is 2. The van der Waals surface area contributed by atoms with Crippen molar-refractivity contribution in [3.05, 3.63) is 58.6 Å². The molecule has 2 aromatic rings. The summed E-state index contributed by atoms with van der Waals surface area (Å²) in [7, 11) is 0. The molecule has 150 valence electrons. The van der Waals surface area contributed by atoms with Gasteiger partial charge in [-0.05, 0) is 55.3 Å². The summed E-state index contributed by atoms with van der Waals surface area (Å²) in [5, 5.41) is 9.67. The smallest absolute Gasteiger partial charge is 0.143 e. The van der Waals surface area contributed by atoms with Crippen LogP contribution in [0.1, 0.15) is 24.1 Å². The van der Waals surface area contributed by atoms with Gasteiger partial charge in [0.2, 0.25) is 0 Å². The Morgan fingerprint density at radius 3 is 2.61 bits per heavy atom. The molecule has 3 rings (SSSR count). The third-order valence-corrected chi connectivity index (χ3v) is 5.26. The van der Waals surface area contributed by atoms with Gasteiger partial charge in [-0.1, -0.05) is 23.7 Å². The van der Waals surface area contributed by atoms with Gasteiger partial charge in [0.1, 0.15) is 18.1 Å². The molecule has 1 fully saturated rings. The van der Waals surface area contributed by atoms with E-state index in [1.165, 1.54) is 5.56 Å². The zero-order valence-electron chi connectivity index (χ0n) is 16.4. The average molecular weight is 403 g/mol. The number of ether oxygens (including phenoxy) is 1. The number of hydrogen-bond donors (Lipinski definition) is 1. The van der Waals surface area contributed by atoms with Crippen LogP contribution in [0.4, 0.5) is 5.69 Å². The molecule has 1 heterocycles. The van der Waals surface area contributed by atoms with Crippen LogP contribution in [0.15, 0.2) is 42.5 Å². The van der Waals surface area contributed by atoms with Gasteiger partial charge < -0.3 is 14.7 Å². The Morgan fingerprint density at radius 2 is 1.96 bits per heavy atom. The monoisotopic (exact) mass is 402 g/mol. The van der Waals surface area contributed by atoms with Crippen LogP contribution in [0.3, 0.4) is 0 Å². The molecule has 1 aliphatic rings. The van der Waals surface area contributed by atoms with E-state index in [9.17, 15) is 4.79 Å². The molecule has 5 nitrogen and oxygen atoms in total. The van der Waals surface area contributed by atoms with Crippen LogP contribution in [-0.4, -0.2) is 55.2 Å². The van der Waals surface area contributed by atoms with Gasteiger partial charge in [0, 0.05) is 30.3 Å². The fourth-order valence-electron chi connectivity index (χ4n) is 3.76. The Hall–Kier alpha value is -2.08. The molecular formula is C22H27ClN2O3. The van der Waals surface area contributed by atoms with Gasteiger partial charge in [0.05, 0.1) is 19.2 Å². The summed E-state index contributed by atoms with van der Waals surface area (Å²) >= 11 is 6.09. The SMILES string of the molecule is CC(=O)CN1CCN(c2ccc(OCCO)cc2C)[C@H](c2ccc(Cl)cc2)C1. The Bertz CT molecular complexity index is 810. The van der Waals surface area contributed by atoms with Gasteiger partial charge in [0.15, 0.2) is 0 Å². The molecule has 2 aromatic carbocycles. The minimum atomic E-state index is -0.00243. The van der Waals surface area contributed by atoms with Crippen LogP contribution in [0.2, 0.25) is 5.02 Å². The number of anilines is 1. The lowest BCUT2D eigenvalue weighted by Crippen LogP contribution is -2.49. The Balaban J connectivity index is 1.88. The average Bonchev–Trinajstić information content (AvgIpc) is 2.67. The number of Topliss-reactive ketones (excluding diaryl/α,β-unsaturated/α-hetero) is 1. The molecule has 0 bridgehead atoms. The number of rotatable bonds is 7. The molecule has 0 aliphatic carbocycles. The highest BCUT2D eigenvalue weighted by Crippen LogP contribution is 2.34. The normalized spacial score (nSPS) is 17.6. The highest BCUT2D eigenvalue weighted by atomic mass is 35.5. The second kappa shape index (κ2) is 9.41. The molecule has 6 heteroatoms. The summed E-state index contributed by atoms with van der Waals surface area (Å²) < 4.78 is 5.53. The van der Waals surface area contributed by atoms with Crippen molar-refractivity contribution in [3.8, 4) is 5.75 Å². The van der Waals surface area contributed by atoms with Crippen LogP contribution in [-0.2, 0) is 4.79 Å². The zero-order chi connectivity index (χ0) is 20.1. The van der Waals surface area contributed by atoms with E-state index in [2.05, 4.69) is 34.9 Å². The minimum absolute atomic E-state index is 0.00243. The number of ketones is 1. The molecule has 0 saturated carbocycles. The van der Waals surface area contributed by atoms with Crippen molar-refractivity contribution in [2.45, 2.75) is 19.9 Å². The van der Waals surface area contributed by atoms with E-state index in [4.69, 9.17) is 21.4 Å². The number of aliphatic hydroxyl groups excluding tert-OH is 1. The standard InChI is InChI=1S/C22H27ClN2O3/c1-16-13-20(28-12-11-26)7-8-21(16)25-10-9-24(14-17(2)27)15-22(25)18-3-5-19(23)6-4-18/h3-8,13,22,26H,9-12,14-15H2,1-2H3/t22-/m0/s1. The number of hydrogen-bond acceptors (Lipinski definition) is 5. The predicted octanol–water partition coefficient (Wildman–Crippen LogP) is 3.47. The topological polar surface area (TPSA) is 53.0 Å². The van der Waals surface area contributed by atoms with Crippen LogP contribution < -0.4 is 9.64 Å². The van der Waals surface area contributed by atoms with Crippen LogP contribution >= 0.6 is 11.6 Å². The second-order valence-electron chi connectivity index (χ2n) is 7.22. The summed E-state index contributed by atoms with van der Waals surface area (Å²) in [5.74, 6) is 0.943. The maximum atomic E-state index is 11.6. The highest BCUT2D eigenvalue weighted by molar-refractivity contribution is 6.30. The first-order chi connectivity index (χ1) is 13.5. The van der Waals surface area contributed by atoms with Gasteiger partial charge in [-0.3, -0.25) is 9.69 Å². The number of carbonyl (C=O) groups is 1. The van der Waals surface area contributed by atoms with E-state index in [0.717, 1.165) is 36.6 Å². The van der Waals surface area contributed by atoms with Crippen LogP contribution in [0.5, 0.6) is 5.75 Å². The zero-order valence-corrected chi connectivity index (χ0v) is 17.2. The van der Waals surface area contributed by atoms with Gasteiger partial charge in [-0.25, -0.2) is 0 Å². The first kappa shape index (κ1) is 20.6. The highest BCUT2D eigenvalue weighted by Gasteiger charge is 2.29. The van der Waals surface area contributed by atoms with E-state index >= 15 is 0 Å². The summed E-state index contributed by atoms with van der Waals surface area (Å²) in [5.41, 5.74) is 3.45. The fraction of sp³-hybridized carbons (Fsp3) is 0.409. The third kappa shape index (κ3) is 5.04. The fourth-order valence-corrected chi connectivity index (χ4v) is 3.89. The minimum Gasteiger partial charge on any atom is -0.491 e. The molecule has 0 amide bonds.